The third kappa shape index (κ3) is 6.08. The molecule has 0 amide bonds. The Bertz CT molecular complexity index is 5740. The lowest BCUT2D eigenvalue weighted by atomic mass is 9.33. The van der Waals surface area contributed by atoms with Gasteiger partial charge in [-0.25, -0.2) is 0 Å². The normalized spacial score (nSPS) is 19.7. The van der Waals surface area contributed by atoms with Crippen molar-refractivity contribution >= 4 is 118 Å². The summed E-state index contributed by atoms with van der Waals surface area (Å²) >= 11 is 0. The molecule has 0 saturated heterocycles. The maximum atomic E-state index is 11.2. The Kier molecular flexibility index (Phi) is 4.57. The van der Waals surface area contributed by atoms with Crippen molar-refractivity contribution in [1.82, 2.24) is 4.57 Å². The second kappa shape index (κ2) is 14.8. The molecule has 0 N–H and O–H groups in total. The lowest BCUT2D eigenvalue weighted by Crippen LogP contribution is -2.62. The maximum Gasteiger partial charge on any atom is 0.252 e. The van der Waals surface area contributed by atoms with E-state index < -0.39 is 305 Å². The molecule has 350 valence electrons. The lowest BCUT2D eigenvalue weighted by molar-refractivity contribution is 0.590. The summed E-state index contributed by atoms with van der Waals surface area (Å²) in [6.45, 7) is 12.3. The Morgan fingerprint density at radius 1 is 0.431 bits per heavy atom. The van der Waals surface area contributed by atoms with Gasteiger partial charge in [0.1, 0.15) is 11.2 Å². The molecule has 72 heavy (non-hydrogen) atoms. The first kappa shape index (κ1) is 22.2. The maximum absolute atomic E-state index is 11.2. The number of aromatic nitrogens is 1. The van der Waals surface area contributed by atoms with Crippen molar-refractivity contribution in [2.24, 2.45) is 0 Å². The van der Waals surface area contributed by atoms with Crippen LogP contribution in [0.25, 0.3) is 49.4 Å². The van der Waals surface area contributed by atoms with Gasteiger partial charge in [-0.15, -0.1) is 0 Å². The minimum absolute atomic E-state index is 0.152. The van der Waals surface area contributed by atoms with Crippen molar-refractivity contribution in [2.45, 2.75) is 78.6 Å². The quantitative estimate of drug-likeness (QED) is 0.164. The molecule has 3 aliphatic rings. The third-order valence-electron chi connectivity index (χ3n) is 13.4. The molecule has 14 rings (SSSR count). The fraction of sp³-hybridized carbons (Fsp3) is 0.182. The van der Waals surface area contributed by atoms with E-state index in [1.165, 1.54) is 4.90 Å². The fourth-order valence-corrected chi connectivity index (χ4v) is 9.89. The van der Waals surface area contributed by atoms with E-state index >= 15 is 0 Å². The number of hydrogen-bond donors (Lipinski definition) is 0. The zero-order valence-corrected chi connectivity index (χ0v) is 40.3. The third-order valence-corrected chi connectivity index (χ3v) is 13.4. The SMILES string of the molecule is [2H]c1c([2H])c2c3c(c1[2H])-n1c4c([2H])c([2H])c([2H])c([2H])c4c4c([2H])c([2H])c([2H])c(c41)N3c1c([2H])c(C(C)(C)C)c([2H])c3c1B2c1c([2H])c([2H])c(N(c2c([2H])c([2H])c(C(C)(C)C)c([2H])c2[2H])c2c([2H])c([2H])c(C(C)(C)C)c([2H])c2[2H])c([2H])c1N3c1c([2H])c([2H])c([2H])c2oc3c([2H])c([2H])c([2H])c([2H])c3c12. The van der Waals surface area contributed by atoms with Crippen LogP contribution in [0.5, 0.6) is 0 Å². The van der Waals surface area contributed by atoms with Crippen LogP contribution in [0, 0.1) is 0 Å². The Morgan fingerprint density at radius 2 is 0.986 bits per heavy atom. The summed E-state index contributed by atoms with van der Waals surface area (Å²) in [4.78, 5) is 2.72. The van der Waals surface area contributed by atoms with Gasteiger partial charge in [0.2, 0.25) is 0 Å². The lowest BCUT2D eigenvalue weighted by Gasteiger charge is -2.47. The first-order valence-corrected chi connectivity index (χ1v) is 23.2. The molecule has 11 aromatic rings. The molecular weight excluding hydrogens is 876 g/mol. The largest absolute Gasteiger partial charge is 0.456 e. The highest BCUT2D eigenvalue weighted by atomic mass is 16.3. The van der Waals surface area contributed by atoms with Crippen LogP contribution in [-0.2, 0) is 16.2 Å². The van der Waals surface area contributed by atoms with Crippen molar-refractivity contribution < 1.29 is 45.5 Å². The zero-order valence-electron chi connectivity index (χ0n) is 70.3. The predicted molar refractivity (Wildman–Crippen MR) is 306 cm³/mol. The van der Waals surface area contributed by atoms with Crippen LogP contribution < -0.4 is 31.1 Å². The summed E-state index contributed by atoms with van der Waals surface area (Å²) in [6, 6.07) is -25.5. The van der Waals surface area contributed by atoms with E-state index in [-0.39, 0.29) is 33.0 Å². The molecule has 0 saturated carbocycles. The van der Waals surface area contributed by atoms with E-state index in [1.54, 1.807) is 62.3 Å². The van der Waals surface area contributed by atoms with Gasteiger partial charge in [0.05, 0.1) is 80.3 Å². The first-order chi connectivity index (χ1) is 47.2. The Balaban J connectivity index is 1.31. The van der Waals surface area contributed by atoms with Gasteiger partial charge in [0, 0.05) is 50.3 Å². The van der Waals surface area contributed by atoms with Crippen molar-refractivity contribution in [3.05, 3.63) is 198 Å². The van der Waals surface area contributed by atoms with E-state index in [0.717, 1.165) is 9.47 Å². The molecule has 0 radical (unpaired) electrons. The summed E-state index contributed by atoms with van der Waals surface area (Å²) in [6.07, 6.45) is 0. The van der Waals surface area contributed by atoms with E-state index in [4.69, 9.17) is 11.3 Å². The van der Waals surface area contributed by atoms with Gasteiger partial charge in [0.15, 0.2) is 0 Å². The van der Waals surface area contributed by atoms with E-state index in [1.807, 2.05) is 0 Å². The van der Waals surface area contributed by atoms with Crippen LogP contribution in [0.15, 0.2) is 186 Å². The van der Waals surface area contributed by atoms with Gasteiger partial charge < -0.3 is 23.7 Å². The fourth-order valence-electron chi connectivity index (χ4n) is 9.89. The number of fused-ring (bicyclic) bond motifs is 12. The van der Waals surface area contributed by atoms with Crippen LogP contribution in [0.1, 0.15) is 120 Å². The molecule has 0 bridgehead atoms. The molecule has 3 aliphatic heterocycles. The molecule has 9 aromatic carbocycles. The highest BCUT2D eigenvalue weighted by molar-refractivity contribution is 7.00. The Hall–Kier alpha value is -7.96. The van der Waals surface area contributed by atoms with Crippen molar-refractivity contribution in [2.75, 3.05) is 14.7 Å². The number of para-hydroxylation sites is 4. The molecule has 2 aromatic heterocycles. The monoisotopic (exact) mass is 963 g/mol. The van der Waals surface area contributed by atoms with Crippen molar-refractivity contribution in [3.63, 3.8) is 0 Å². The molecule has 0 fully saturated rings. The summed E-state index contributed by atoms with van der Waals surface area (Å²) in [5, 5.41) is -1.85. The summed E-state index contributed by atoms with van der Waals surface area (Å²) < 4.78 is 301. The highest BCUT2D eigenvalue weighted by Crippen LogP contribution is 2.54. The van der Waals surface area contributed by atoms with Crippen LogP contribution >= 0.6 is 0 Å². The number of rotatable bonds is 4. The standard InChI is InChI=1S/C66H57BN4O/c1-64(2,3)40-27-31-43(32-28-40)68(44-33-29-41(30-34-44)65(4,5)6)45-35-36-49-55(39-45)69(52-22-16-26-59-60(52)48-18-11-13-25-58(48)72-59)56-37-42(66(7,8)9)38-57-61(56)67(49)50-20-15-24-54-63(50)71(57)53-23-14-19-47-46-17-10-12-21-51(46)70(54)62(47)53/h10-39H,1-9H3/i10D,11D,12D,13D,14D,15D,16D,17D,18D,19D,20D,21D,22D,23D,24D,25D,26D,27D,28D,29D,30D,31D,32D,33D,34D,35D,36D,37D,38D,39D. The van der Waals surface area contributed by atoms with Crippen molar-refractivity contribution in [1.29, 1.82) is 0 Å². The molecule has 0 unspecified atom stereocenters. The zero-order chi connectivity index (χ0) is 75.3. The van der Waals surface area contributed by atoms with Gasteiger partial charge in [-0.05, 0) is 134 Å². The smallest absolute Gasteiger partial charge is 0.252 e. The predicted octanol–water partition coefficient (Wildman–Crippen LogP) is 16.4. The second-order valence-electron chi connectivity index (χ2n) is 21.1. The molecule has 0 aliphatic carbocycles. The molecule has 0 atom stereocenters. The molecule has 6 heteroatoms. The summed E-state index contributed by atoms with van der Waals surface area (Å²) in [5.74, 6) is 0. The number of benzene rings is 9. The average Bonchev–Trinajstić information content (AvgIpc) is 1.19. The van der Waals surface area contributed by atoms with E-state index in [9.17, 15) is 34.3 Å². The average molecular weight is 963 g/mol. The summed E-state index contributed by atoms with van der Waals surface area (Å²) in [7, 11) is 0. The molecular formula is C66H57BN4O. The van der Waals surface area contributed by atoms with E-state index in [2.05, 4.69) is 0 Å². The van der Waals surface area contributed by atoms with Gasteiger partial charge in [0.25, 0.3) is 6.71 Å². The van der Waals surface area contributed by atoms with Crippen LogP contribution in [0.4, 0.5) is 51.2 Å². The van der Waals surface area contributed by atoms with Gasteiger partial charge >= 0.3 is 0 Å². The number of anilines is 9. The summed E-state index contributed by atoms with van der Waals surface area (Å²) in [5.41, 5.74) is -14.6. The number of furan rings is 1. The first-order valence-electron chi connectivity index (χ1n) is 38.2. The Labute approximate surface area is 464 Å². The van der Waals surface area contributed by atoms with Gasteiger partial charge in [-0.2, -0.15) is 0 Å². The molecule has 0 spiro atoms. The van der Waals surface area contributed by atoms with Crippen LogP contribution in [-0.4, -0.2) is 11.3 Å². The molecule has 5 heterocycles. The highest BCUT2D eigenvalue weighted by Gasteiger charge is 2.47. The minimum atomic E-state index is -2.07. The second-order valence-corrected chi connectivity index (χ2v) is 21.1. The van der Waals surface area contributed by atoms with Gasteiger partial charge in [-0.3, -0.25) is 0 Å². The van der Waals surface area contributed by atoms with Crippen LogP contribution in [0.3, 0.4) is 0 Å². The van der Waals surface area contributed by atoms with E-state index in [0.29, 0.717) is 4.90 Å². The van der Waals surface area contributed by atoms with Crippen molar-refractivity contribution in [3.8, 4) is 5.69 Å². The van der Waals surface area contributed by atoms with Crippen LogP contribution in [0.2, 0.25) is 0 Å². The number of nitrogens with zero attached hydrogens (tertiary/aromatic N) is 4. The minimum Gasteiger partial charge on any atom is -0.456 e. The molecule has 5 nitrogen and oxygen atoms in total. The number of hydrogen-bond acceptors (Lipinski definition) is 4. The topological polar surface area (TPSA) is 27.8 Å². The Morgan fingerprint density at radius 3 is 1.68 bits per heavy atom. The van der Waals surface area contributed by atoms with Gasteiger partial charge in [-0.1, -0.05) is 159 Å².